The fourth-order valence-electron chi connectivity index (χ4n) is 8.57. The lowest BCUT2D eigenvalue weighted by molar-refractivity contribution is -0.182. The third kappa shape index (κ3) is 5.56. The van der Waals surface area contributed by atoms with Crippen LogP contribution in [0.25, 0.3) is 5.57 Å². The Morgan fingerprint density at radius 1 is 0.551 bits per heavy atom. The molecule has 2 aliphatic heterocycles. The summed E-state index contributed by atoms with van der Waals surface area (Å²) in [5.41, 5.74) is 15.1. The summed E-state index contributed by atoms with van der Waals surface area (Å²) >= 11 is 0. The van der Waals surface area contributed by atoms with Crippen molar-refractivity contribution in [1.29, 1.82) is 0 Å². The number of rotatable bonds is 9. The number of nitrogens with zero attached hydrogens (tertiary/aromatic N) is 2. The lowest BCUT2D eigenvalue weighted by atomic mass is 9.91. The Labute approximate surface area is 292 Å². The van der Waals surface area contributed by atoms with Crippen molar-refractivity contribution in [3.05, 3.63) is 160 Å². The van der Waals surface area contributed by atoms with Gasteiger partial charge in [0, 0.05) is 11.1 Å². The molecule has 0 fully saturated rings. The second-order valence-electron chi connectivity index (χ2n) is 15.6. The largest absolute Gasteiger partial charge is 0.393 e. The molecule has 0 aromatic heterocycles. The first-order valence-electron chi connectivity index (χ1n) is 17.6. The van der Waals surface area contributed by atoms with Gasteiger partial charge in [-0.2, -0.15) is 5.01 Å². The third-order valence-corrected chi connectivity index (χ3v) is 11.0. The summed E-state index contributed by atoms with van der Waals surface area (Å²) in [5.74, 6) is 0.757. The van der Waals surface area contributed by atoms with Crippen LogP contribution in [0.1, 0.15) is 102 Å². The van der Waals surface area contributed by atoms with E-state index in [1.807, 2.05) is 0 Å². The standard InChI is InChI=1S/C43H50N4O2/c1-40(2)33-25-15-16-26-34(33)41(3,4)46(40)44-48-37-29-19-24-32(37)39(38(30-20-11-9-12-21-30)31-22-13-10-14-23-31)49-45-47-42(5,6)35-27-17-18-28-36(35)43(47,7)8/h9-18,20-28,37,44-45H,19,29H2,1-8H3. The van der Waals surface area contributed by atoms with E-state index in [0.29, 0.717) is 0 Å². The van der Waals surface area contributed by atoms with Gasteiger partial charge in [0.1, 0.15) is 6.10 Å². The predicted molar refractivity (Wildman–Crippen MR) is 197 cm³/mol. The molecule has 6 heteroatoms. The molecule has 2 N–H and O–H groups in total. The van der Waals surface area contributed by atoms with Crippen molar-refractivity contribution in [3.8, 4) is 0 Å². The Morgan fingerprint density at radius 3 is 1.37 bits per heavy atom. The number of hydrogen-bond donors (Lipinski definition) is 2. The molecule has 49 heavy (non-hydrogen) atoms. The maximum atomic E-state index is 6.98. The number of fused-ring (bicyclic) bond motifs is 2. The van der Waals surface area contributed by atoms with Crippen molar-refractivity contribution >= 4 is 5.57 Å². The van der Waals surface area contributed by atoms with Gasteiger partial charge in [-0.3, -0.25) is 4.84 Å². The summed E-state index contributed by atoms with van der Waals surface area (Å²) in [6, 6.07) is 38.5. The van der Waals surface area contributed by atoms with Gasteiger partial charge in [-0.15, -0.1) is 5.59 Å². The maximum Gasteiger partial charge on any atom is 0.162 e. The van der Waals surface area contributed by atoms with Gasteiger partial charge in [-0.05, 0) is 102 Å². The quantitative estimate of drug-likeness (QED) is 0.139. The summed E-state index contributed by atoms with van der Waals surface area (Å²) in [6.45, 7) is 18.0. The van der Waals surface area contributed by atoms with Crippen LogP contribution in [0.2, 0.25) is 0 Å². The third-order valence-electron chi connectivity index (χ3n) is 11.0. The van der Waals surface area contributed by atoms with Crippen LogP contribution in [0, 0.1) is 0 Å². The Kier molecular flexibility index (Phi) is 8.45. The van der Waals surface area contributed by atoms with Crippen molar-refractivity contribution in [2.75, 3.05) is 0 Å². The van der Waals surface area contributed by atoms with Crippen LogP contribution < -0.4 is 11.2 Å². The molecule has 0 bridgehead atoms. The number of allylic oxidation sites excluding steroid dienone is 1. The normalized spacial score (nSPS) is 21.6. The molecule has 1 aliphatic carbocycles. The molecule has 4 aromatic carbocycles. The lowest BCUT2D eigenvalue weighted by Crippen LogP contribution is -2.54. The zero-order chi connectivity index (χ0) is 34.6. The van der Waals surface area contributed by atoms with Gasteiger partial charge >= 0.3 is 0 Å². The Bertz CT molecular complexity index is 1780. The molecule has 3 aliphatic rings. The summed E-state index contributed by atoms with van der Waals surface area (Å²) < 4.78 is 0. The fourth-order valence-corrected chi connectivity index (χ4v) is 8.57. The first kappa shape index (κ1) is 33.5. The van der Waals surface area contributed by atoms with Gasteiger partial charge in [-0.25, -0.2) is 5.01 Å². The van der Waals surface area contributed by atoms with Gasteiger partial charge in [0.25, 0.3) is 0 Å². The van der Waals surface area contributed by atoms with E-state index < -0.39 is 0 Å². The topological polar surface area (TPSA) is 49.0 Å². The first-order chi connectivity index (χ1) is 23.4. The zero-order valence-corrected chi connectivity index (χ0v) is 30.2. The van der Waals surface area contributed by atoms with Crippen molar-refractivity contribution in [1.82, 2.24) is 21.2 Å². The molecule has 0 saturated heterocycles. The molecule has 0 amide bonds. The van der Waals surface area contributed by atoms with E-state index in [2.05, 4.69) is 192 Å². The fraction of sp³-hybridized carbons (Fsp3) is 0.349. The molecular weight excluding hydrogens is 604 g/mol. The molecule has 0 spiro atoms. The predicted octanol–water partition coefficient (Wildman–Crippen LogP) is 9.38. The molecule has 254 valence electrons. The summed E-state index contributed by atoms with van der Waals surface area (Å²) in [5, 5.41) is 4.50. The Balaban J connectivity index is 1.27. The molecule has 0 saturated carbocycles. The molecule has 0 radical (unpaired) electrons. The van der Waals surface area contributed by atoms with Crippen LogP contribution in [-0.2, 0) is 31.8 Å². The minimum Gasteiger partial charge on any atom is -0.393 e. The molecule has 1 atom stereocenters. The number of benzene rings is 4. The number of hydrogen-bond acceptors (Lipinski definition) is 6. The summed E-state index contributed by atoms with van der Waals surface area (Å²) in [7, 11) is 0. The van der Waals surface area contributed by atoms with E-state index in [1.54, 1.807) is 0 Å². The Hall–Kier alpha value is -4.04. The van der Waals surface area contributed by atoms with Crippen LogP contribution in [0.4, 0.5) is 0 Å². The van der Waals surface area contributed by atoms with E-state index in [9.17, 15) is 0 Å². The van der Waals surface area contributed by atoms with Crippen molar-refractivity contribution in [2.45, 2.75) is 96.5 Å². The second-order valence-corrected chi connectivity index (χ2v) is 15.6. The van der Waals surface area contributed by atoms with Gasteiger partial charge in [0.05, 0.1) is 22.2 Å². The van der Waals surface area contributed by atoms with Crippen LogP contribution >= 0.6 is 0 Å². The lowest BCUT2D eigenvalue weighted by Gasteiger charge is -2.41. The van der Waals surface area contributed by atoms with E-state index in [-0.39, 0.29) is 28.3 Å². The molecule has 1 unspecified atom stereocenters. The van der Waals surface area contributed by atoms with Gasteiger partial charge < -0.3 is 4.84 Å². The minimum absolute atomic E-state index is 0.244. The van der Waals surface area contributed by atoms with E-state index >= 15 is 0 Å². The molecule has 2 heterocycles. The molecule has 7 rings (SSSR count). The van der Waals surface area contributed by atoms with Crippen molar-refractivity contribution in [3.63, 3.8) is 0 Å². The van der Waals surface area contributed by atoms with Crippen molar-refractivity contribution < 1.29 is 9.68 Å². The highest BCUT2D eigenvalue weighted by Gasteiger charge is 2.51. The monoisotopic (exact) mass is 654 g/mol. The second kappa shape index (κ2) is 12.4. The van der Waals surface area contributed by atoms with Gasteiger partial charge in [-0.1, -0.05) is 121 Å². The van der Waals surface area contributed by atoms with E-state index in [0.717, 1.165) is 40.9 Å². The molecular formula is C43H50N4O2. The van der Waals surface area contributed by atoms with Gasteiger partial charge in [0.15, 0.2) is 5.76 Å². The number of hydrazine groups is 2. The zero-order valence-electron chi connectivity index (χ0n) is 30.2. The number of nitrogens with one attached hydrogen (secondary N) is 2. The van der Waals surface area contributed by atoms with E-state index in [1.165, 1.54) is 22.3 Å². The highest BCUT2D eigenvalue weighted by atomic mass is 16.7. The molecule has 6 nitrogen and oxygen atoms in total. The van der Waals surface area contributed by atoms with E-state index in [4.69, 9.17) is 9.68 Å². The summed E-state index contributed by atoms with van der Waals surface area (Å²) in [4.78, 5) is 13.7. The highest BCUT2D eigenvalue weighted by Crippen LogP contribution is 2.50. The van der Waals surface area contributed by atoms with Crippen LogP contribution in [0.5, 0.6) is 0 Å². The molecule has 4 aromatic rings. The van der Waals surface area contributed by atoms with Crippen LogP contribution in [0.3, 0.4) is 0 Å². The maximum absolute atomic E-state index is 6.98. The van der Waals surface area contributed by atoms with Crippen LogP contribution in [0.15, 0.2) is 127 Å². The Morgan fingerprint density at radius 2 is 0.939 bits per heavy atom. The van der Waals surface area contributed by atoms with Crippen molar-refractivity contribution in [2.24, 2.45) is 0 Å². The SMILES string of the molecule is CC1(C)c2ccccc2C(C)(C)N1NOC(C1=CCCC1ONN1C(C)(C)c2ccccc2C1(C)C)=C(c1ccccc1)c1ccccc1. The average Bonchev–Trinajstić information content (AvgIpc) is 3.66. The summed E-state index contributed by atoms with van der Waals surface area (Å²) in [6.07, 6.45) is 3.75. The highest BCUT2D eigenvalue weighted by molar-refractivity contribution is 5.83. The smallest absolute Gasteiger partial charge is 0.162 e. The minimum atomic E-state index is -0.325. The first-order valence-corrected chi connectivity index (χ1v) is 17.6. The van der Waals surface area contributed by atoms with Gasteiger partial charge in [0.2, 0.25) is 0 Å². The van der Waals surface area contributed by atoms with Crippen LogP contribution in [-0.4, -0.2) is 16.1 Å². The average molecular weight is 655 g/mol.